The van der Waals surface area contributed by atoms with Gasteiger partial charge in [-0.3, -0.25) is 9.80 Å². The van der Waals surface area contributed by atoms with E-state index in [9.17, 15) is 5.11 Å². The van der Waals surface area contributed by atoms with Crippen LogP contribution in [0.25, 0.3) is 0 Å². The molecule has 4 rings (SSSR count). The van der Waals surface area contributed by atoms with Gasteiger partial charge in [0.15, 0.2) is 0 Å². The van der Waals surface area contributed by atoms with Gasteiger partial charge in [0.25, 0.3) is 0 Å². The van der Waals surface area contributed by atoms with Crippen molar-refractivity contribution >= 4 is 0 Å². The SMILES string of the molecule is C=C(CC1CC(C)(C)N(C)C(C)(C)C1)C(Cc1ccccc1)(Cc1cc(C(C)(C)C)c(O)c(C(C)(C)C)c1)C(=C)OC1CC(C)(C)N(C)C(C)(C)C1. The van der Waals surface area contributed by atoms with Crippen LogP contribution in [0.5, 0.6) is 5.75 Å². The van der Waals surface area contributed by atoms with Crippen molar-refractivity contribution in [1.29, 1.82) is 0 Å². The van der Waals surface area contributed by atoms with E-state index in [-0.39, 0.29) is 39.1 Å². The number of benzene rings is 2. The third-order valence-electron chi connectivity index (χ3n) is 13.4. The number of phenols is 1. The molecule has 0 bridgehead atoms. The Bertz CT molecular complexity index is 1470. The van der Waals surface area contributed by atoms with Crippen molar-refractivity contribution in [3.8, 4) is 5.75 Å². The summed E-state index contributed by atoms with van der Waals surface area (Å²) in [6.45, 7) is 42.1. The number of ether oxygens (including phenoxy) is 1. The average molecular weight is 713 g/mol. The fourth-order valence-corrected chi connectivity index (χ4v) is 9.88. The molecule has 290 valence electrons. The van der Waals surface area contributed by atoms with Crippen LogP contribution in [0, 0.1) is 11.3 Å². The Kier molecular flexibility index (Phi) is 11.6. The maximum atomic E-state index is 11.7. The minimum Gasteiger partial charge on any atom is -0.507 e. The van der Waals surface area contributed by atoms with Crippen molar-refractivity contribution in [1.82, 2.24) is 9.80 Å². The number of aromatic hydroxyl groups is 1. The fraction of sp³-hybridized carbons (Fsp3) is 0.667. The van der Waals surface area contributed by atoms with Gasteiger partial charge in [-0.25, -0.2) is 0 Å². The molecule has 0 radical (unpaired) electrons. The summed E-state index contributed by atoms with van der Waals surface area (Å²) >= 11 is 0. The molecular formula is C48H76N2O2. The maximum absolute atomic E-state index is 11.7. The van der Waals surface area contributed by atoms with Gasteiger partial charge in [0, 0.05) is 35.0 Å². The predicted octanol–water partition coefficient (Wildman–Crippen LogP) is 11.8. The molecule has 2 aromatic carbocycles. The standard InChI is InChI=1S/C48H76N2O2/c1-33(24-37-27-44(9,10)49(17)45(11,12)28-37)48(29-35-22-20-19-21-23-35,34(2)52-38-31-46(13,14)50(18)47(15,16)32-38)30-36-25-39(42(3,4)5)41(51)40(26-36)43(6,7)8/h19-23,25-26,37-38,51H,1-2,24,27-32H2,3-18H3. The Balaban J connectivity index is 1.92. The number of likely N-dealkylation sites (tertiary alicyclic amines) is 2. The molecule has 0 aliphatic carbocycles. The van der Waals surface area contributed by atoms with E-state index < -0.39 is 5.41 Å². The monoisotopic (exact) mass is 713 g/mol. The van der Waals surface area contributed by atoms with Gasteiger partial charge in [-0.15, -0.1) is 0 Å². The van der Waals surface area contributed by atoms with Crippen LogP contribution in [0.2, 0.25) is 0 Å². The molecule has 0 spiro atoms. The molecule has 0 amide bonds. The van der Waals surface area contributed by atoms with Gasteiger partial charge in [0.2, 0.25) is 0 Å². The first-order valence-electron chi connectivity index (χ1n) is 19.9. The average Bonchev–Trinajstić information content (AvgIpc) is 2.97. The second kappa shape index (κ2) is 14.3. The van der Waals surface area contributed by atoms with Gasteiger partial charge in [-0.05, 0) is 141 Å². The van der Waals surface area contributed by atoms with Crippen LogP contribution in [-0.4, -0.2) is 57.3 Å². The van der Waals surface area contributed by atoms with Gasteiger partial charge in [0.05, 0.1) is 5.41 Å². The lowest BCUT2D eigenvalue weighted by molar-refractivity contribution is -0.0821. The first kappa shape index (κ1) is 42.2. The number of piperidine rings is 2. The molecule has 2 heterocycles. The molecule has 2 fully saturated rings. The Morgan fingerprint density at radius 1 is 0.692 bits per heavy atom. The largest absolute Gasteiger partial charge is 0.507 e. The number of phenolic OH excluding ortho intramolecular Hbond substituents is 1. The molecule has 2 aliphatic rings. The summed E-state index contributed by atoms with van der Waals surface area (Å²) in [5.74, 6) is 1.72. The van der Waals surface area contributed by atoms with Gasteiger partial charge in [-0.1, -0.05) is 103 Å². The van der Waals surface area contributed by atoms with Crippen molar-refractivity contribution in [2.45, 2.75) is 181 Å². The minimum absolute atomic E-state index is 0.0166. The normalized spacial score (nSPS) is 22.5. The van der Waals surface area contributed by atoms with Crippen molar-refractivity contribution in [2.75, 3.05) is 14.1 Å². The summed E-state index contributed by atoms with van der Waals surface area (Å²) in [5, 5.41) is 11.7. The zero-order valence-electron chi connectivity index (χ0n) is 36.3. The molecule has 52 heavy (non-hydrogen) atoms. The fourth-order valence-electron chi connectivity index (χ4n) is 9.88. The third kappa shape index (κ3) is 8.86. The van der Waals surface area contributed by atoms with E-state index in [0.717, 1.165) is 55.4 Å². The summed E-state index contributed by atoms with van der Waals surface area (Å²) in [6, 6.07) is 15.4. The third-order valence-corrected chi connectivity index (χ3v) is 13.4. The highest BCUT2D eigenvalue weighted by molar-refractivity contribution is 5.51. The molecule has 1 N–H and O–H groups in total. The Morgan fingerprint density at radius 3 is 1.52 bits per heavy atom. The summed E-state index contributed by atoms with van der Waals surface area (Å²) in [5.41, 5.74) is 4.71. The van der Waals surface area contributed by atoms with Crippen molar-refractivity contribution in [3.63, 3.8) is 0 Å². The van der Waals surface area contributed by atoms with E-state index >= 15 is 0 Å². The number of allylic oxidation sites excluding steroid dienone is 1. The predicted molar refractivity (Wildman–Crippen MR) is 223 cm³/mol. The molecule has 4 heteroatoms. The molecule has 0 aromatic heterocycles. The lowest BCUT2D eigenvalue weighted by Gasteiger charge is -2.55. The second-order valence-electron chi connectivity index (χ2n) is 21.5. The highest BCUT2D eigenvalue weighted by Gasteiger charge is 2.48. The quantitative estimate of drug-likeness (QED) is 0.196. The molecular weight excluding hydrogens is 637 g/mol. The molecule has 2 aliphatic heterocycles. The van der Waals surface area contributed by atoms with E-state index in [1.807, 2.05) is 0 Å². The number of nitrogens with zero attached hydrogens (tertiary/aromatic N) is 2. The summed E-state index contributed by atoms with van der Waals surface area (Å²) in [6.07, 6.45) is 6.48. The molecule has 0 saturated carbocycles. The zero-order valence-corrected chi connectivity index (χ0v) is 36.3. The van der Waals surface area contributed by atoms with Crippen molar-refractivity contribution in [2.24, 2.45) is 11.3 Å². The second-order valence-corrected chi connectivity index (χ2v) is 21.5. The smallest absolute Gasteiger partial charge is 0.123 e. The van der Waals surface area contributed by atoms with E-state index in [2.05, 4.69) is 163 Å². The zero-order chi connectivity index (χ0) is 39.5. The maximum Gasteiger partial charge on any atom is 0.123 e. The first-order valence-corrected chi connectivity index (χ1v) is 19.9. The summed E-state index contributed by atoms with van der Waals surface area (Å²) in [4.78, 5) is 5.08. The van der Waals surface area contributed by atoms with E-state index in [1.165, 1.54) is 16.7 Å². The molecule has 1 unspecified atom stereocenters. The Hall–Kier alpha value is -2.56. The van der Waals surface area contributed by atoms with Crippen LogP contribution >= 0.6 is 0 Å². The number of hydrogen-bond donors (Lipinski definition) is 1. The summed E-state index contributed by atoms with van der Waals surface area (Å²) < 4.78 is 7.31. The number of rotatable bonds is 10. The topological polar surface area (TPSA) is 35.9 Å². The van der Waals surface area contributed by atoms with Crippen molar-refractivity contribution < 1.29 is 9.84 Å². The highest BCUT2D eigenvalue weighted by Crippen LogP contribution is 2.51. The van der Waals surface area contributed by atoms with E-state index in [1.54, 1.807) is 0 Å². The van der Waals surface area contributed by atoms with Crippen molar-refractivity contribution in [3.05, 3.63) is 89.2 Å². The van der Waals surface area contributed by atoms with Gasteiger partial charge in [-0.2, -0.15) is 0 Å². The highest BCUT2D eigenvalue weighted by atomic mass is 16.5. The molecule has 1 atom stereocenters. The molecule has 2 aromatic rings. The van der Waals surface area contributed by atoms with Crippen LogP contribution in [0.1, 0.15) is 151 Å². The van der Waals surface area contributed by atoms with E-state index in [0.29, 0.717) is 18.1 Å². The van der Waals surface area contributed by atoms with Gasteiger partial charge < -0.3 is 9.84 Å². The van der Waals surface area contributed by atoms with Crippen LogP contribution in [-0.2, 0) is 28.4 Å². The Morgan fingerprint density at radius 2 is 1.10 bits per heavy atom. The Labute approximate surface area is 320 Å². The molecule has 2 saturated heterocycles. The number of hydrogen-bond acceptors (Lipinski definition) is 4. The van der Waals surface area contributed by atoms with Crippen LogP contribution in [0.3, 0.4) is 0 Å². The van der Waals surface area contributed by atoms with Gasteiger partial charge in [0.1, 0.15) is 17.6 Å². The first-order chi connectivity index (χ1) is 23.5. The van der Waals surface area contributed by atoms with Crippen LogP contribution in [0.15, 0.2) is 67.0 Å². The van der Waals surface area contributed by atoms with Crippen LogP contribution in [0.4, 0.5) is 0 Å². The lowest BCUT2D eigenvalue weighted by Crippen LogP contribution is -2.60. The minimum atomic E-state index is -0.572. The summed E-state index contributed by atoms with van der Waals surface area (Å²) in [7, 11) is 4.54. The lowest BCUT2D eigenvalue weighted by atomic mass is 9.64. The molecule has 4 nitrogen and oxygen atoms in total. The van der Waals surface area contributed by atoms with E-state index in [4.69, 9.17) is 17.9 Å². The van der Waals surface area contributed by atoms with Gasteiger partial charge >= 0.3 is 0 Å². The van der Waals surface area contributed by atoms with Crippen LogP contribution < -0.4 is 0 Å².